The second kappa shape index (κ2) is 26.4. The minimum Gasteiger partial charge on any atom is -0.493 e. The van der Waals surface area contributed by atoms with Crippen LogP contribution in [0.2, 0.25) is 0 Å². The van der Waals surface area contributed by atoms with E-state index in [1.807, 2.05) is 0 Å². The van der Waals surface area contributed by atoms with Crippen molar-refractivity contribution in [2.45, 2.75) is 128 Å². The van der Waals surface area contributed by atoms with Crippen molar-refractivity contribution in [3.8, 4) is 69.0 Å². The van der Waals surface area contributed by atoms with Crippen LogP contribution in [-0.4, -0.2) is 107 Å². The van der Waals surface area contributed by atoms with Gasteiger partial charge in [-0.15, -0.1) is 0 Å². The average molecular weight is 1250 g/mol. The van der Waals surface area contributed by atoms with Gasteiger partial charge in [0.05, 0.1) is 130 Å². The molecule has 4 heterocycles. The number of methoxy groups -OCH3 is 12. The van der Waals surface area contributed by atoms with Gasteiger partial charge in [0, 0.05) is 22.3 Å². The second-order valence-corrected chi connectivity index (χ2v) is 24.6. The van der Waals surface area contributed by atoms with Crippen LogP contribution in [0.15, 0.2) is 92.2 Å². The molecule has 0 atom stereocenters. The van der Waals surface area contributed by atoms with Gasteiger partial charge in [0.1, 0.15) is 0 Å². The van der Waals surface area contributed by atoms with Gasteiger partial charge in [-0.1, -0.05) is 25.7 Å². The Labute approximate surface area is 539 Å². The number of hydrogen-bond donors (Lipinski definition) is 2. The Morgan fingerprint density at radius 2 is 0.511 bits per heavy atom. The SMILES string of the molecule is COc1cc(C2=C3N=C(C4=C3CCCCC4)C(c3cc(OC)c(OC)c(OC)c3)=c3[nH]c(c4c3CCCCC4)=C(c3cc(OC)c(OC)c(OC)c3)C3=NC(=C(c4cc(OC)c(OC)c(OC)c4)c4[nH]c2c2c4CCCCC2)C2=C3CCCCC2)cc(OC)c1OC. The molecule has 4 aromatic carbocycles. The predicted octanol–water partition coefficient (Wildman–Crippen LogP) is 14.0. The number of ether oxygens (including phenoxy) is 12. The number of allylic oxidation sites excluding steroid dienone is 4. The summed E-state index contributed by atoms with van der Waals surface area (Å²) in [6, 6.07) is 16.8. The van der Waals surface area contributed by atoms with Crippen molar-refractivity contribution >= 4 is 33.7 Å². The topological polar surface area (TPSA) is 167 Å². The highest BCUT2D eigenvalue weighted by molar-refractivity contribution is 6.35. The molecule has 2 aromatic heterocycles. The highest BCUT2D eigenvalue weighted by Gasteiger charge is 2.39. The minimum atomic E-state index is 0.509. The van der Waals surface area contributed by atoms with Gasteiger partial charge in [0.15, 0.2) is 46.0 Å². The van der Waals surface area contributed by atoms with Gasteiger partial charge in [0.25, 0.3) is 0 Å². The molecule has 16 nitrogen and oxygen atoms in total. The molecule has 8 bridgehead atoms. The molecule has 2 N–H and O–H groups in total. The predicted molar refractivity (Wildman–Crippen MR) is 360 cm³/mol. The summed E-state index contributed by atoms with van der Waals surface area (Å²) in [5.41, 5.74) is 22.8. The summed E-state index contributed by atoms with van der Waals surface area (Å²) < 4.78 is 74.7. The molecular formula is C76H86N4O12. The zero-order valence-corrected chi connectivity index (χ0v) is 55.6. The van der Waals surface area contributed by atoms with E-state index in [4.69, 9.17) is 66.8 Å². The summed E-state index contributed by atoms with van der Waals surface area (Å²) in [4.78, 5) is 21.4. The Balaban J connectivity index is 1.34. The second-order valence-electron chi connectivity index (χ2n) is 24.6. The van der Waals surface area contributed by atoms with Crippen LogP contribution in [0.3, 0.4) is 0 Å². The molecule has 0 radical (unpaired) electrons. The summed E-state index contributed by atoms with van der Waals surface area (Å²) in [5.74, 6) is 6.39. The molecule has 0 spiro atoms. The van der Waals surface area contributed by atoms with E-state index < -0.39 is 0 Å². The van der Waals surface area contributed by atoms with Crippen LogP contribution >= 0.6 is 0 Å². The molecule has 0 amide bonds. The summed E-state index contributed by atoms with van der Waals surface area (Å²) in [7, 11) is 20.1. The van der Waals surface area contributed by atoms with Gasteiger partial charge in [-0.3, -0.25) is 0 Å². The van der Waals surface area contributed by atoms with E-state index in [-0.39, 0.29) is 0 Å². The molecule has 6 aromatic rings. The fraction of sp³-hybridized carbons (Fsp3) is 0.421. The number of nitrogens with one attached hydrogen (secondary N) is 2. The van der Waals surface area contributed by atoms with Crippen molar-refractivity contribution in [2.75, 3.05) is 85.3 Å². The van der Waals surface area contributed by atoms with Crippen molar-refractivity contribution in [2.24, 2.45) is 9.98 Å². The molecule has 2 aliphatic heterocycles. The fourth-order valence-electron chi connectivity index (χ4n) is 15.7. The highest BCUT2D eigenvalue weighted by Crippen LogP contribution is 2.54. The minimum absolute atomic E-state index is 0.509. The van der Waals surface area contributed by atoms with Gasteiger partial charge in [-0.25, -0.2) is 9.98 Å². The van der Waals surface area contributed by atoms with E-state index in [9.17, 15) is 0 Å². The molecule has 0 saturated carbocycles. The first kappa shape index (κ1) is 61.9. The number of rotatable bonds is 16. The smallest absolute Gasteiger partial charge is 0.203 e. The van der Waals surface area contributed by atoms with E-state index in [1.54, 1.807) is 85.3 Å². The first-order chi connectivity index (χ1) is 45.1. The van der Waals surface area contributed by atoms with E-state index in [1.165, 1.54) is 44.5 Å². The number of aromatic nitrogens is 2. The molecule has 92 heavy (non-hydrogen) atoms. The molecule has 16 heteroatoms. The first-order valence-electron chi connectivity index (χ1n) is 32.7. The third-order valence-corrected chi connectivity index (χ3v) is 19.9. The summed E-state index contributed by atoms with van der Waals surface area (Å²) in [5, 5.41) is 1.99. The average Bonchev–Trinajstić information content (AvgIpc) is 1.56. The van der Waals surface area contributed by atoms with Crippen LogP contribution in [0.4, 0.5) is 0 Å². The maximum atomic E-state index is 6.31. The lowest BCUT2D eigenvalue weighted by Gasteiger charge is -2.19. The number of H-pyrrole nitrogens is 2. The van der Waals surface area contributed by atoms with E-state index in [0.717, 1.165) is 218 Å². The van der Waals surface area contributed by atoms with E-state index in [2.05, 4.69) is 58.5 Å². The lowest BCUT2D eigenvalue weighted by Crippen LogP contribution is -2.25. The van der Waals surface area contributed by atoms with Crippen molar-refractivity contribution in [1.29, 1.82) is 0 Å². The van der Waals surface area contributed by atoms with Crippen LogP contribution < -0.4 is 67.5 Å². The normalized spacial score (nSPS) is 17.3. The summed E-state index contributed by atoms with van der Waals surface area (Å²) >= 11 is 0. The van der Waals surface area contributed by atoms with Gasteiger partial charge < -0.3 is 66.8 Å². The molecule has 0 saturated heterocycles. The molecule has 5 aliphatic carbocycles. The van der Waals surface area contributed by atoms with Crippen molar-refractivity contribution in [3.05, 3.63) is 149 Å². The maximum Gasteiger partial charge on any atom is 0.203 e. The van der Waals surface area contributed by atoms with Gasteiger partial charge in [-0.2, -0.15) is 0 Å². The Bertz CT molecular complexity index is 3910. The van der Waals surface area contributed by atoms with Gasteiger partial charge >= 0.3 is 0 Å². The van der Waals surface area contributed by atoms with E-state index in [0.29, 0.717) is 69.0 Å². The Kier molecular flexibility index (Phi) is 17.7. The highest BCUT2D eigenvalue weighted by atomic mass is 16.5. The third kappa shape index (κ3) is 10.4. The summed E-state index contributed by atoms with van der Waals surface area (Å²) in [6.07, 6.45) is 18.8. The molecule has 482 valence electrons. The first-order valence-corrected chi connectivity index (χ1v) is 32.7. The Morgan fingerprint density at radius 3 is 0.783 bits per heavy atom. The lowest BCUT2D eigenvalue weighted by molar-refractivity contribution is 0.324. The number of benzene rings is 4. The van der Waals surface area contributed by atoms with Crippen LogP contribution in [0.1, 0.15) is 159 Å². The monoisotopic (exact) mass is 1250 g/mol. The lowest BCUT2D eigenvalue weighted by atomic mass is 9.87. The number of hydrogen-bond acceptors (Lipinski definition) is 14. The molecule has 0 unspecified atom stereocenters. The van der Waals surface area contributed by atoms with Crippen molar-refractivity contribution in [1.82, 2.24) is 9.97 Å². The van der Waals surface area contributed by atoms with Crippen molar-refractivity contribution < 1.29 is 56.8 Å². The largest absolute Gasteiger partial charge is 0.493 e. The zero-order valence-electron chi connectivity index (χ0n) is 55.6. The fourth-order valence-corrected chi connectivity index (χ4v) is 15.7. The molecule has 13 rings (SSSR count). The van der Waals surface area contributed by atoms with Gasteiger partial charge in [0.2, 0.25) is 23.0 Å². The molecule has 7 aliphatic rings. The standard InChI is InChI=1S/C76H86N4O12/c1-81-53-33-41(34-54(82-2)73(53)89-9)61-65-45-25-17-13-19-27-47(45)67(77-65)62(42-35-55(83-3)74(90-10)56(36-42)84-4)69-49-29-21-15-23-31-51(49)71(79-69)64(44-39-59(87-7)76(92-12)60(40-44)88-8)72-52-32-24-16-22-30-50(52)70(80-72)63(43-37-57(85-5)75(91-11)58(38-43)86-6)68-48-28-20-14-18-26-46(48)66(61)78-68/h33-40,77,80H,13-32H2,1-12H3. The van der Waals surface area contributed by atoms with Crippen LogP contribution in [0.25, 0.3) is 22.3 Å². The molecular weight excluding hydrogens is 1160 g/mol. The zero-order chi connectivity index (χ0) is 63.9. The van der Waals surface area contributed by atoms with Crippen LogP contribution in [0, 0.1) is 0 Å². The van der Waals surface area contributed by atoms with Crippen LogP contribution in [0.5, 0.6) is 69.0 Å². The number of aliphatic imine (C=N–C) groups is 2. The maximum absolute atomic E-state index is 6.31. The number of nitrogens with zero attached hydrogens (tertiary/aromatic N) is 2. The quantitative estimate of drug-likeness (QED) is 0.0882. The van der Waals surface area contributed by atoms with Crippen molar-refractivity contribution in [3.63, 3.8) is 0 Å². The Morgan fingerprint density at radius 1 is 0.261 bits per heavy atom. The van der Waals surface area contributed by atoms with Gasteiger partial charge in [-0.05, 0) is 218 Å². The third-order valence-electron chi connectivity index (χ3n) is 19.9. The van der Waals surface area contributed by atoms with E-state index >= 15 is 0 Å². The molecule has 0 fully saturated rings. The summed E-state index contributed by atoms with van der Waals surface area (Å²) in [6.45, 7) is 0. The Hall–Kier alpha value is -8.92. The van der Waals surface area contributed by atoms with Crippen LogP contribution in [-0.2, 0) is 25.7 Å². The number of aromatic amines is 2.